The van der Waals surface area contributed by atoms with Crippen LogP contribution in [0, 0.1) is 5.41 Å². The Bertz CT molecular complexity index is 525. The van der Waals surface area contributed by atoms with E-state index in [-0.39, 0.29) is 18.1 Å². The Morgan fingerprint density at radius 3 is 2.71 bits per heavy atom. The highest BCUT2D eigenvalue weighted by Crippen LogP contribution is 2.23. The molecule has 1 heterocycles. The maximum atomic E-state index is 12.0. The summed E-state index contributed by atoms with van der Waals surface area (Å²) in [7, 11) is 0. The quantitative estimate of drug-likeness (QED) is 0.668. The molecule has 5 heteroatoms. The van der Waals surface area contributed by atoms with Gasteiger partial charge in [0.05, 0.1) is 0 Å². The smallest absolute Gasteiger partial charge is 0.319 e. The van der Waals surface area contributed by atoms with Gasteiger partial charge in [0.2, 0.25) is 0 Å². The van der Waals surface area contributed by atoms with Crippen LogP contribution in [0.4, 0.5) is 16.2 Å². The predicted molar refractivity (Wildman–Crippen MR) is 99.6 cm³/mol. The number of hydrogen-bond acceptors (Lipinski definition) is 3. The topological polar surface area (TPSA) is 64.6 Å². The van der Waals surface area contributed by atoms with Crippen LogP contribution in [0.25, 0.3) is 0 Å². The lowest BCUT2D eigenvalue weighted by molar-refractivity contribution is 0.148. The Morgan fingerprint density at radius 2 is 2.00 bits per heavy atom. The van der Waals surface area contributed by atoms with Crippen molar-refractivity contribution in [2.24, 2.45) is 5.41 Å². The van der Waals surface area contributed by atoms with Gasteiger partial charge in [-0.3, -0.25) is 0 Å². The van der Waals surface area contributed by atoms with Crippen LogP contribution >= 0.6 is 0 Å². The van der Waals surface area contributed by atoms with E-state index in [0.717, 1.165) is 31.6 Å². The van der Waals surface area contributed by atoms with Gasteiger partial charge >= 0.3 is 6.03 Å². The number of hydrogen-bond donors (Lipinski definition) is 3. The zero-order chi connectivity index (χ0) is 17.4. The molecule has 0 saturated carbocycles. The summed E-state index contributed by atoms with van der Waals surface area (Å²) >= 11 is 0. The monoisotopic (exact) mass is 333 g/mol. The molecule has 0 radical (unpaired) electrons. The van der Waals surface area contributed by atoms with Crippen molar-refractivity contribution < 1.29 is 9.90 Å². The van der Waals surface area contributed by atoms with E-state index < -0.39 is 0 Å². The van der Waals surface area contributed by atoms with Gasteiger partial charge < -0.3 is 20.6 Å². The highest BCUT2D eigenvalue weighted by atomic mass is 16.3. The zero-order valence-electron chi connectivity index (χ0n) is 15.0. The number of urea groups is 1. The van der Waals surface area contributed by atoms with Crippen LogP contribution in [0.1, 0.15) is 46.0 Å². The molecule has 3 N–H and O–H groups in total. The van der Waals surface area contributed by atoms with Gasteiger partial charge in [-0.2, -0.15) is 0 Å². The number of benzene rings is 1. The van der Waals surface area contributed by atoms with E-state index in [1.165, 1.54) is 24.9 Å². The van der Waals surface area contributed by atoms with Crippen molar-refractivity contribution >= 4 is 17.4 Å². The fraction of sp³-hybridized carbons (Fsp3) is 0.632. The molecule has 5 nitrogen and oxygen atoms in total. The SMILES string of the molecule is CC(C)(CO)CCCNC(=O)Nc1cccc(N2CCCCC2)c1. The number of nitrogens with zero attached hydrogens (tertiary/aromatic N) is 1. The molecule has 2 rings (SSSR count). The summed E-state index contributed by atoms with van der Waals surface area (Å²) in [5.41, 5.74) is 1.92. The maximum Gasteiger partial charge on any atom is 0.319 e. The van der Waals surface area contributed by atoms with Crippen molar-refractivity contribution in [1.29, 1.82) is 0 Å². The first kappa shape index (κ1) is 18.6. The second-order valence-electron chi connectivity index (χ2n) is 7.40. The van der Waals surface area contributed by atoms with Crippen LogP contribution in [0.5, 0.6) is 0 Å². The maximum absolute atomic E-state index is 12.0. The van der Waals surface area contributed by atoms with Gasteiger partial charge in [-0.1, -0.05) is 19.9 Å². The number of carbonyl (C=O) groups excluding carboxylic acids is 1. The van der Waals surface area contributed by atoms with Crippen molar-refractivity contribution in [2.45, 2.75) is 46.0 Å². The number of carbonyl (C=O) groups is 1. The molecule has 0 atom stereocenters. The van der Waals surface area contributed by atoms with Gasteiger partial charge in [0.25, 0.3) is 0 Å². The molecule has 2 amide bonds. The fourth-order valence-electron chi connectivity index (χ4n) is 2.96. The highest BCUT2D eigenvalue weighted by molar-refractivity contribution is 5.89. The van der Waals surface area contributed by atoms with Crippen LogP contribution in [-0.4, -0.2) is 37.4 Å². The Hall–Kier alpha value is -1.75. The second-order valence-corrected chi connectivity index (χ2v) is 7.40. The highest BCUT2D eigenvalue weighted by Gasteiger charge is 2.15. The number of nitrogens with one attached hydrogen (secondary N) is 2. The molecule has 1 aromatic carbocycles. The molecular formula is C19H31N3O2. The summed E-state index contributed by atoms with van der Waals surface area (Å²) in [6.45, 7) is 7.02. The number of amides is 2. The molecule has 1 aromatic rings. The molecule has 1 aliphatic heterocycles. The molecule has 0 bridgehead atoms. The predicted octanol–water partition coefficient (Wildman–Crippen LogP) is 3.60. The third kappa shape index (κ3) is 6.04. The van der Waals surface area contributed by atoms with E-state index in [1.807, 2.05) is 32.0 Å². The molecule has 1 fully saturated rings. The molecule has 1 saturated heterocycles. The van der Waals surface area contributed by atoms with Gasteiger partial charge in [0, 0.05) is 37.6 Å². The first-order chi connectivity index (χ1) is 11.5. The van der Waals surface area contributed by atoms with Gasteiger partial charge in [-0.05, 0) is 55.7 Å². The molecule has 1 aliphatic rings. The molecule has 0 spiro atoms. The van der Waals surface area contributed by atoms with Crippen molar-refractivity contribution in [3.8, 4) is 0 Å². The summed E-state index contributed by atoms with van der Waals surface area (Å²) in [4.78, 5) is 14.4. The van der Waals surface area contributed by atoms with Gasteiger partial charge in [-0.25, -0.2) is 4.79 Å². The summed E-state index contributed by atoms with van der Waals surface area (Å²) in [6, 6.07) is 7.88. The summed E-state index contributed by atoms with van der Waals surface area (Å²) in [5.74, 6) is 0. The first-order valence-electron chi connectivity index (χ1n) is 9.01. The van der Waals surface area contributed by atoms with Gasteiger partial charge in [-0.15, -0.1) is 0 Å². The van der Waals surface area contributed by atoms with Crippen molar-refractivity contribution in [2.75, 3.05) is 36.5 Å². The van der Waals surface area contributed by atoms with Crippen LogP contribution in [0.2, 0.25) is 0 Å². The van der Waals surface area contributed by atoms with E-state index in [2.05, 4.69) is 21.6 Å². The number of anilines is 2. The molecule has 0 aliphatic carbocycles. The van der Waals surface area contributed by atoms with Crippen LogP contribution < -0.4 is 15.5 Å². The minimum atomic E-state index is -0.174. The molecule has 24 heavy (non-hydrogen) atoms. The summed E-state index contributed by atoms with van der Waals surface area (Å²) < 4.78 is 0. The van der Waals surface area contributed by atoms with E-state index >= 15 is 0 Å². The van der Waals surface area contributed by atoms with Gasteiger partial charge in [0.15, 0.2) is 0 Å². The zero-order valence-corrected chi connectivity index (χ0v) is 15.0. The number of rotatable bonds is 7. The Labute approximate surface area is 145 Å². The Kier molecular flexibility index (Phi) is 6.91. The summed E-state index contributed by atoms with van der Waals surface area (Å²) in [5, 5.41) is 15.0. The molecule has 0 unspecified atom stereocenters. The van der Waals surface area contributed by atoms with Crippen molar-refractivity contribution in [3.05, 3.63) is 24.3 Å². The number of aliphatic hydroxyl groups excluding tert-OH is 1. The van der Waals surface area contributed by atoms with E-state index in [0.29, 0.717) is 6.54 Å². The molecule has 0 aromatic heterocycles. The average molecular weight is 333 g/mol. The van der Waals surface area contributed by atoms with E-state index in [9.17, 15) is 9.90 Å². The van der Waals surface area contributed by atoms with Crippen LogP contribution in [0.15, 0.2) is 24.3 Å². The van der Waals surface area contributed by atoms with Gasteiger partial charge in [0.1, 0.15) is 0 Å². The third-order valence-electron chi connectivity index (χ3n) is 4.57. The van der Waals surface area contributed by atoms with E-state index in [1.54, 1.807) is 0 Å². The molecule has 134 valence electrons. The van der Waals surface area contributed by atoms with Crippen molar-refractivity contribution in [1.82, 2.24) is 5.32 Å². The fourth-order valence-corrected chi connectivity index (χ4v) is 2.96. The third-order valence-corrected chi connectivity index (χ3v) is 4.57. The Morgan fingerprint density at radius 1 is 1.25 bits per heavy atom. The standard InChI is InChI=1S/C19H31N3O2/c1-19(2,15-23)10-7-11-20-18(24)21-16-8-6-9-17(14-16)22-12-4-3-5-13-22/h6,8-9,14,23H,3-5,7,10-13,15H2,1-2H3,(H2,20,21,24). The lowest BCUT2D eigenvalue weighted by Gasteiger charge is -2.29. The second kappa shape index (κ2) is 8.92. The number of piperidine rings is 1. The van der Waals surface area contributed by atoms with Crippen LogP contribution in [0.3, 0.4) is 0 Å². The minimum Gasteiger partial charge on any atom is -0.396 e. The lowest BCUT2D eigenvalue weighted by atomic mass is 9.89. The van der Waals surface area contributed by atoms with E-state index in [4.69, 9.17) is 0 Å². The number of aliphatic hydroxyl groups is 1. The average Bonchev–Trinajstić information content (AvgIpc) is 2.60. The molecular weight excluding hydrogens is 302 g/mol. The Balaban J connectivity index is 1.77. The largest absolute Gasteiger partial charge is 0.396 e. The minimum absolute atomic E-state index is 0.0824. The first-order valence-corrected chi connectivity index (χ1v) is 9.01. The van der Waals surface area contributed by atoms with Crippen LogP contribution in [-0.2, 0) is 0 Å². The van der Waals surface area contributed by atoms with Crippen molar-refractivity contribution in [3.63, 3.8) is 0 Å². The summed E-state index contributed by atoms with van der Waals surface area (Å²) in [6.07, 6.45) is 5.53. The lowest BCUT2D eigenvalue weighted by Crippen LogP contribution is -2.31. The normalized spacial score (nSPS) is 15.2.